The van der Waals surface area contributed by atoms with Gasteiger partial charge < -0.3 is 30.1 Å². The van der Waals surface area contributed by atoms with Crippen molar-refractivity contribution >= 4 is 29.9 Å². The molecule has 8 heteroatoms. The average Bonchev–Trinajstić information content (AvgIpc) is 2.78. The van der Waals surface area contributed by atoms with Gasteiger partial charge in [-0.1, -0.05) is 19.3 Å². The monoisotopic (exact) mass is 532 g/mol. The first-order valence-electron chi connectivity index (χ1n) is 10.8. The number of hydrogen-bond acceptors (Lipinski definition) is 5. The van der Waals surface area contributed by atoms with Crippen LogP contribution < -0.4 is 20.1 Å². The van der Waals surface area contributed by atoms with Crippen LogP contribution in [0.3, 0.4) is 0 Å². The molecule has 30 heavy (non-hydrogen) atoms. The number of rotatable bonds is 6. The first kappa shape index (κ1) is 24.8. The van der Waals surface area contributed by atoms with Crippen molar-refractivity contribution in [3.8, 4) is 17.2 Å². The molecule has 1 aliphatic carbocycles. The normalized spacial score (nSPS) is 19.1. The minimum Gasteiger partial charge on any atom is -0.502 e. The summed E-state index contributed by atoms with van der Waals surface area (Å²) in [5.74, 6) is 1.62. The van der Waals surface area contributed by atoms with Crippen molar-refractivity contribution in [1.29, 1.82) is 0 Å². The van der Waals surface area contributed by atoms with E-state index in [1.165, 1.54) is 59.4 Å². The van der Waals surface area contributed by atoms with Crippen molar-refractivity contribution in [2.45, 2.75) is 63.6 Å². The van der Waals surface area contributed by atoms with E-state index in [0.717, 1.165) is 30.4 Å². The maximum Gasteiger partial charge on any atom is 0.200 e. The molecule has 2 fully saturated rings. The lowest BCUT2D eigenvalue weighted by molar-refractivity contribution is 0.119. The minimum atomic E-state index is 0. The molecule has 3 N–H and O–H groups in total. The first-order valence-corrected chi connectivity index (χ1v) is 10.8. The summed E-state index contributed by atoms with van der Waals surface area (Å²) in [7, 11) is 4.86. The van der Waals surface area contributed by atoms with Crippen molar-refractivity contribution < 1.29 is 14.6 Å². The lowest BCUT2D eigenvalue weighted by Crippen LogP contribution is -2.50. The maximum atomic E-state index is 10.1. The Hall–Kier alpha value is -1.42. The van der Waals surface area contributed by atoms with Crippen molar-refractivity contribution in [3.63, 3.8) is 0 Å². The van der Waals surface area contributed by atoms with E-state index in [1.54, 1.807) is 19.2 Å². The van der Waals surface area contributed by atoms with Gasteiger partial charge in [0.2, 0.25) is 5.75 Å². The molecule has 3 rings (SSSR count). The predicted molar refractivity (Wildman–Crippen MR) is 131 cm³/mol. The Morgan fingerprint density at radius 2 is 1.67 bits per heavy atom. The molecule has 0 radical (unpaired) electrons. The molecule has 0 bridgehead atoms. The van der Waals surface area contributed by atoms with Crippen molar-refractivity contribution in [2.75, 3.05) is 34.4 Å². The molecule has 1 aromatic carbocycles. The topological polar surface area (TPSA) is 78.4 Å². The standard InChI is InChI=1S/C22H36N4O3.HI/c1-23-22(24-15-16-13-19(28-2)21(27)20(14-16)29-3)25-17-9-11-26(12-10-17)18-7-5-4-6-8-18;/h13-14,17-18,27H,4-12,15H2,1-3H3,(H2,23,24,25);1H. The van der Waals surface area contributed by atoms with Crippen LogP contribution in [0.15, 0.2) is 17.1 Å². The van der Waals surface area contributed by atoms with Gasteiger partial charge in [0, 0.05) is 38.8 Å². The second-order valence-electron chi connectivity index (χ2n) is 8.02. The van der Waals surface area contributed by atoms with Crippen LogP contribution in [0.1, 0.15) is 50.5 Å². The van der Waals surface area contributed by atoms with Crippen LogP contribution in [0, 0.1) is 0 Å². The van der Waals surface area contributed by atoms with E-state index in [4.69, 9.17) is 9.47 Å². The highest BCUT2D eigenvalue weighted by molar-refractivity contribution is 14.0. The summed E-state index contributed by atoms with van der Waals surface area (Å²) in [6.07, 6.45) is 9.26. The van der Waals surface area contributed by atoms with E-state index in [0.29, 0.717) is 24.1 Å². The van der Waals surface area contributed by atoms with Crippen LogP contribution in [-0.2, 0) is 6.54 Å². The van der Waals surface area contributed by atoms with Gasteiger partial charge in [-0.3, -0.25) is 4.99 Å². The Morgan fingerprint density at radius 3 is 2.20 bits per heavy atom. The van der Waals surface area contributed by atoms with Crippen molar-refractivity contribution in [3.05, 3.63) is 17.7 Å². The van der Waals surface area contributed by atoms with Crippen LogP contribution >= 0.6 is 24.0 Å². The van der Waals surface area contributed by atoms with Crippen LogP contribution in [-0.4, -0.2) is 62.4 Å². The smallest absolute Gasteiger partial charge is 0.200 e. The summed E-state index contributed by atoms with van der Waals surface area (Å²) in [6, 6.07) is 4.87. The van der Waals surface area contributed by atoms with E-state index >= 15 is 0 Å². The first-order chi connectivity index (χ1) is 14.1. The van der Waals surface area contributed by atoms with Gasteiger partial charge in [-0.05, 0) is 43.4 Å². The molecule has 1 aliphatic heterocycles. The molecule has 1 saturated heterocycles. The van der Waals surface area contributed by atoms with E-state index in [2.05, 4.69) is 20.5 Å². The fourth-order valence-corrected chi connectivity index (χ4v) is 4.48. The maximum absolute atomic E-state index is 10.1. The third-order valence-corrected chi connectivity index (χ3v) is 6.18. The molecule has 0 amide bonds. The van der Waals surface area contributed by atoms with E-state index < -0.39 is 0 Å². The highest BCUT2D eigenvalue weighted by Gasteiger charge is 2.26. The summed E-state index contributed by atoms with van der Waals surface area (Å²) in [5, 5.41) is 17.0. The highest BCUT2D eigenvalue weighted by Crippen LogP contribution is 2.37. The summed E-state index contributed by atoms with van der Waals surface area (Å²) in [5.41, 5.74) is 0.951. The van der Waals surface area contributed by atoms with Crippen LogP contribution in [0.5, 0.6) is 17.2 Å². The fourth-order valence-electron chi connectivity index (χ4n) is 4.48. The molecule has 170 valence electrons. The van der Waals surface area contributed by atoms with Gasteiger partial charge in [0.15, 0.2) is 17.5 Å². The number of likely N-dealkylation sites (tertiary alicyclic amines) is 1. The molecule has 1 aromatic rings. The van der Waals surface area contributed by atoms with Gasteiger partial charge in [0.05, 0.1) is 14.2 Å². The Morgan fingerprint density at radius 1 is 1.07 bits per heavy atom. The average molecular weight is 532 g/mol. The summed E-state index contributed by atoms with van der Waals surface area (Å²) < 4.78 is 10.5. The summed E-state index contributed by atoms with van der Waals surface area (Å²) in [4.78, 5) is 7.07. The van der Waals surface area contributed by atoms with E-state index in [1.807, 2.05) is 0 Å². The Bertz CT molecular complexity index is 662. The number of benzene rings is 1. The minimum absolute atomic E-state index is 0. The molecule has 2 aliphatic rings. The molecule has 0 aromatic heterocycles. The largest absolute Gasteiger partial charge is 0.502 e. The second-order valence-corrected chi connectivity index (χ2v) is 8.02. The van der Waals surface area contributed by atoms with Crippen LogP contribution in [0.4, 0.5) is 0 Å². The quantitative estimate of drug-likeness (QED) is 0.296. The van der Waals surface area contributed by atoms with Gasteiger partial charge in [0.1, 0.15) is 0 Å². The number of ether oxygens (including phenoxy) is 2. The van der Waals surface area contributed by atoms with Gasteiger partial charge in [-0.15, -0.1) is 24.0 Å². The molecular formula is C22H37IN4O3. The van der Waals surface area contributed by atoms with Gasteiger partial charge in [-0.25, -0.2) is 0 Å². The molecule has 1 heterocycles. The zero-order valence-corrected chi connectivity index (χ0v) is 20.8. The molecule has 0 atom stereocenters. The number of nitrogens with one attached hydrogen (secondary N) is 2. The number of aromatic hydroxyl groups is 1. The zero-order chi connectivity index (χ0) is 20.6. The lowest BCUT2D eigenvalue weighted by Gasteiger charge is -2.39. The van der Waals surface area contributed by atoms with E-state index in [9.17, 15) is 5.11 Å². The van der Waals surface area contributed by atoms with Gasteiger partial charge in [-0.2, -0.15) is 0 Å². The number of nitrogens with zero attached hydrogens (tertiary/aromatic N) is 2. The molecule has 0 unspecified atom stereocenters. The number of aliphatic imine (C=N–C) groups is 1. The fraction of sp³-hybridized carbons (Fsp3) is 0.682. The lowest BCUT2D eigenvalue weighted by atomic mass is 9.92. The Labute approximate surface area is 197 Å². The summed E-state index contributed by atoms with van der Waals surface area (Å²) >= 11 is 0. The van der Waals surface area contributed by atoms with Gasteiger partial charge >= 0.3 is 0 Å². The number of phenolic OH excluding ortho intramolecular Hbond substituents is 1. The van der Waals surface area contributed by atoms with Crippen molar-refractivity contribution in [2.24, 2.45) is 4.99 Å². The zero-order valence-electron chi connectivity index (χ0n) is 18.4. The second kappa shape index (κ2) is 12.4. The number of methoxy groups -OCH3 is 2. The Balaban J connectivity index is 0.00000320. The third-order valence-electron chi connectivity index (χ3n) is 6.18. The molecule has 7 nitrogen and oxygen atoms in total. The number of piperidine rings is 1. The van der Waals surface area contributed by atoms with Gasteiger partial charge in [0.25, 0.3) is 0 Å². The SMILES string of the molecule is CN=C(NCc1cc(OC)c(O)c(OC)c1)NC1CCN(C2CCCCC2)CC1.I. The van der Waals surface area contributed by atoms with E-state index in [-0.39, 0.29) is 29.7 Å². The Kier molecular flexibility index (Phi) is 10.3. The number of guanidine groups is 1. The molecule has 1 saturated carbocycles. The van der Waals surface area contributed by atoms with Crippen LogP contribution in [0.25, 0.3) is 0 Å². The molecular weight excluding hydrogens is 495 g/mol. The summed E-state index contributed by atoms with van der Waals surface area (Å²) in [6.45, 7) is 2.91. The van der Waals surface area contributed by atoms with Crippen molar-refractivity contribution in [1.82, 2.24) is 15.5 Å². The third kappa shape index (κ3) is 6.54. The predicted octanol–water partition coefficient (Wildman–Crippen LogP) is 3.49. The number of phenols is 1. The number of hydrogen-bond donors (Lipinski definition) is 3. The molecule has 0 spiro atoms. The number of halogens is 1. The highest BCUT2D eigenvalue weighted by atomic mass is 127. The van der Waals surface area contributed by atoms with Crippen LogP contribution in [0.2, 0.25) is 0 Å².